The van der Waals surface area contributed by atoms with Crippen LogP contribution in [-0.4, -0.2) is 35.1 Å². The number of H-pyrrole nitrogens is 1. The molecule has 0 fully saturated rings. The second-order valence-corrected chi connectivity index (χ2v) is 7.93. The summed E-state index contributed by atoms with van der Waals surface area (Å²) in [6.45, 7) is 3.63. The van der Waals surface area contributed by atoms with Gasteiger partial charge >= 0.3 is 10.8 Å². The van der Waals surface area contributed by atoms with Gasteiger partial charge in [-0.25, -0.2) is 0 Å². The smallest absolute Gasteiger partial charge is 0.306 e. The molecule has 0 radical (unpaired) electrons. The van der Waals surface area contributed by atoms with Crippen molar-refractivity contribution in [2.45, 2.75) is 77.0 Å². The van der Waals surface area contributed by atoms with Gasteiger partial charge < -0.3 is 14.8 Å². The van der Waals surface area contributed by atoms with Gasteiger partial charge in [-0.1, -0.05) is 62.5 Å². The SMILES string of the molecule is C=c1[nH]c(=O)s/c1=C\CCCCCCCCCCC(=O)CCC(=O)OCCO. The number of ketones is 1. The molecular formula is C21H33NO5S. The summed E-state index contributed by atoms with van der Waals surface area (Å²) in [7, 11) is 0. The predicted molar refractivity (Wildman–Crippen MR) is 113 cm³/mol. The Labute approximate surface area is 170 Å². The maximum Gasteiger partial charge on any atom is 0.306 e. The van der Waals surface area contributed by atoms with E-state index < -0.39 is 5.97 Å². The van der Waals surface area contributed by atoms with Crippen molar-refractivity contribution in [2.24, 2.45) is 0 Å². The van der Waals surface area contributed by atoms with E-state index in [4.69, 9.17) is 9.84 Å². The van der Waals surface area contributed by atoms with Crippen LogP contribution in [0, 0.1) is 0 Å². The van der Waals surface area contributed by atoms with E-state index in [1.165, 1.54) is 37.0 Å². The zero-order chi connectivity index (χ0) is 20.6. The summed E-state index contributed by atoms with van der Waals surface area (Å²) in [5.41, 5.74) is 0. The van der Waals surface area contributed by atoms with Crippen LogP contribution in [0.25, 0.3) is 12.7 Å². The Morgan fingerprint density at radius 1 is 1.00 bits per heavy atom. The molecule has 0 unspecified atom stereocenters. The number of carbonyl (C=O) groups is 2. The number of Topliss-reactive ketones (excluding diaryl/α,β-unsaturated/α-hetero) is 1. The van der Waals surface area contributed by atoms with Crippen LogP contribution >= 0.6 is 11.3 Å². The van der Waals surface area contributed by atoms with Crippen molar-refractivity contribution in [3.63, 3.8) is 0 Å². The molecule has 1 aromatic heterocycles. The Balaban J connectivity index is 1.91. The third kappa shape index (κ3) is 11.9. The molecule has 2 N–H and O–H groups in total. The molecule has 1 aromatic rings. The lowest BCUT2D eigenvalue weighted by Crippen LogP contribution is -2.19. The maximum absolute atomic E-state index is 11.7. The summed E-state index contributed by atoms with van der Waals surface area (Å²) in [5.74, 6) is -0.314. The van der Waals surface area contributed by atoms with Gasteiger partial charge in [-0.05, 0) is 19.3 Å². The summed E-state index contributed by atoms with van der Waals surface area (Å²) in [6, 6.07) is 0. The molecule has 0 atom stereocenters. The van der Waals surface area contributed by atoms with Crippen molar-refractivity contribution >= 4 is 35.7 Å². The highest BCUT2D eigenvalue weighted by Crippen LogP contribution is 2.11. The lowest BCUT2D eigenvalue weighted by molar-refractivity contribution is -0.145. The number of thiazole rings is 1. The minimum absolute atomic E-state index is 0.00191. The van der Waals surface area contributed by atoms with Gasteiger partial charge in [-0.2, -0.15) is 0 Å². The van der Waals surface area contributed by atoms with Gasteiger partial charge in [0.1, 0.15) is 12.4 Å². The molecule has 0 aromatic carbocycles. The first-order valence-electron chi connectivity index (χ1n) is 10.2. The normalized spacial score (nSPS) is 11.7. The Morgan fingerprint density at radius 2 is 1.64 bits per heavy atom. The monoisotopic (exact) mass is 411 g/mol. The maximum atomic E-state index is 11.7. The third-order valence-electron chi connectivity index (χ3n) is 4.45. The first-order chi connectivity index (χ1) is 13.5. The highest BCUT2D eigenvalue weighted by molar-refractivity contribution is 7.07. The van der Waals surface area contributed by atoms with E-state index in [1.54, 1.807) is 0 Å². The number of aliphatic hydroxyl groups is 1. The third-order valence-corrected chi connectivity index (χ3v) is 5.38. The number of unbranched alkanes of at least 4 members (excludes halogenated alkanes) is 8. The summed E-state index contributed by atoms with van der Waals surface area (Å²) >= 11 is 1.22. The number of hydrogen-bond acceptors (Lipinski definition) is 6. The van der Waals surface area contributed by atoms with Crippen LogP contribution in [0.5, 0.6) is 0 Å². The van der Waals surface area contributed by atoms with Crippen LogP contribution in [0.2, 0.25) is 0 Å². The van der Waals surface area contributed by atoms with Crippen molar-refractivity contribution in [1.82, 2.24) is 4.98 Å². The second-order valence-electron chi connectivity index (χ2n) is 6.91. The Morgan fingerprint density at radius 3 is 2.25 bits per heavy atom. The fraction of sp³-hybridized carbons (Fsp3) is 0.667. The zero-order valence-electron chi connectivity index (χ0n) is 16.7. The van der Waals surface area contributed by atoms with Crippen LogP contribution in [0.4, 0.5) is 0 Å². The van der Waals surface area contributed by atoms with Gasteiger partial charge in [-0.15, -0.1) is 0 Å². The largest absolute Gasteiger partial charge is 0.463 e. The van der Waals surface area contributed by atoms with E-state index >= 15 is 0 Å². The highest BCUT2D eigenvalue weighted by atomic mass is 32.1. The van der Waals surface area contributed by atoms with Crippen molar-refractivity contribution in [3.05, 3.63) is 19.5 Å². The second kappa shape index (κ2) is 15.2. The number of hydrogen-bond donors (Lipinski definition) is 2. The average molecular weight is 412 g/mol. The number of esters is 1. The highest BCUT2D eigenvalue weighted by Gasteiger charge is 2.07. The van der Waals surface area contributed by atoms with E-state index in [0.717, 1.165) is 42.0 Å². The summed E-state index contributed by atoms with van der Waals surface area (Å²) in [5, 5.41) is 9.26. The molecule has 6 nitrogen and oxygen atoms in total. The van der Waals surface area contributed by atoms with Crippen molar-refractivity contribution in [2.75, 3.05) is 13.2 Å². The average Bonchev–Trinajstić information content (AvgIpc) is 2.99. The predicted octanol–water partition coefficient (Wildman–Crippen LogP) is 2.41. The molecule has 1 rings (SSSR count). The molecule has 0 aliphatic rings. The van der Waals surface area contributed by atoms with Gasteiger partial charge in [0.2, 0.25) is 0 Å². The molecule has 28 heavy (non-hydrogen) atoms. The molecule has 0 amide bonds. The van der Waals surface area contributed by atoms with E-state index in [0.29, 0.717) is 6.42 Å². The molecule has 158 valence electrons. The number of aromatic amines is 1. The molecule has 0 aliphatic heterocycles. The first kappa shape index (κ1) is 24.3. The van der Waals surface area contributed by atoms with Crippen molar-refractivity contribution in [1.29, 1.82) is 0 Å². The van der Waals surface area contributed by atoms with Gasteiger partial charge in [0, 0.05) is 12.8 Å². The van der Waals surface area contributed by atoms with E-state index in [1.807, 2.05) is 0 Å². The molecule has 0 spiro atoms. The number of rotatable bonds is 16. The standard InChI is InChI=1S/C21H33NO5S/c1-17-19(28-21(26)22-17)12-10-8-6-4-2-3-5-7-9-11-18(24)13-14-20(25)27-16-15-23/h12,23H,1-11,13-16H2,(H,22,26)/b19-12-. The number of carbonyl (C=O) groups excluding carboxylic acids is 2. The summed E-state index contributed by atoms with van der Waals surface area (Å²) in [6.07, 6.45) is 12.9. The lowest BCUT2D eigenvalue weighted by atomic mass is 10.0. The van der Waals surface area contributed by atoms with Crippen molar-refractivity contribution < 1.29 is 19.4 Å². The van der Waals surface area contributed by atoms with Gasteiger partial charge in [-0.3, -0.25) is 14.4 Å². The van der Waals surface area contributed by atoms with Crippen LogP contribution < -0.4 is 14.8 Å². The Hall–Kier alpha value is -1.73. The van der Waals surface area contributed by atoms with Gasteiger partial charge in [0.05, 0.1) is 22.9 Å². The lowest BCUT2D eigenvalue weighted by Gasteiger charge is -2.03. The van der Waals surface area contributed by atoms with E-state index in [2.05, 4.69) is 17.6 Å². The van der Waals surface area contributed by atoms with Crippen molar-refractivity contribution in [3.8, 4) is 0 Å². The minimum atomic E-state index is -0.421. The number of aromatic nitrogens is 1. The molecule has 1 heterocycles. The number of aliphatic hydroxyl groups excluding tert-OH is 1. The molecule has 7 heteroatoms. The van der Waals surface area contributed by atoms with Gasteiger partial charge in [0.15, 0.2) is 0 Å². The van der Waals surface area contributed by atoms with Crippen LogP contribution in [0.3, 0.4) is 0 Å². The Bertz CT molecular complexity index is 737. The Kier molecular flexibility index (Phi) is 13.2. The molecular weight excluding hydrogens is 378 g/mol. The zero-order valence-corrected chi connectivity index (χ0v) is 17.5. The van der Waals surface area contributed by atoms with Crippen LogP contribution in [0.1, 0.15) is 77.0 Å². The van der Waals surface area contributed by atoms with Crippen LogP contribution in [-0.2, 0) is 14.3 Å². The fourth-order valence-electron chi connectivity index (χ4n) is 2.90. The fourth-order valence-corrected chi connectivity index (χ4v) is 3.64. The summed E-state index contributed by atoms with van der Waals surface area (Å²) in [4.78, 5) is 36.8. The first-order valence-corrected chi connectivity index (χ1v) is 11.0. The molecule has 0 aliphatic carbocycles. The topological polar surface area (TPSA) is 96.5 Å². The molecule has 0 saturated heterocycles. The molecule has 0 saturated carbocycles. The number of nitrogens with one attached hydrogen (secondary N) is 1. The van der Waals surface area contributed by atoms with E-state index in [9.17, 15) is 14.4 Å². The molecule has 0 bridgehead atoms. The summed E-state index contributed by atoms with van der Waals surface area (Å²) < 4.78 is 5.68. The van der Waals surface area contributed by atoms with Crippen LogP contribution in [0.15, 0.2) is 4.79 Å². The van der Waals surface area contributed by atoms with Gasteiger partial charge in [0.25, 0.3) is 0 Å². The quantitative estimate of drug-likeness (QED) is 0.322. The number of ether oxygens (including phenoxy) is 1. The minimum Gasteiger partial charge on any atom is -0.463 e. The van der Waals surface area contributed by atoms with E-state index in [-0.39, 0.29) is 36.7 Å².